The van der Waals surface area contributed by atoms with Crippen LogP contribution in [0.5, 0.6) is 0 Å². The number of aromatic nitrogens is 1. The number of hydrogen-bond donors (Lipinski definition) is 0. The predicted octanol–water partition coefficient (Wildman–Crippen LogP) is 1.56. The van der Waals surface area contributed by atoms with Crippen LogP contribution in [-0.2, 0) is 10.0 Å². The van der Waals surface area contributed by atoms with Gasteiger partial charge in [0.15, 0.2) is 0 Å². The van der Waals surface area contributed by atoms with Gasteiger partial charge in [-0.25, -0.2) is 8.42 Å². The molecule has 0 aromatic carbocycles. The largest absolute Gasteiger partial charge is 0.298 e. The lowest BCUT2D eigenvalue weighted by molar-refractivity contribution is 0.135. The summed E-state index contributed by atoms with van der Waals surface area (Å²) in [6.45, 7) is 6.95. The van der Waals surface area contributed by atoms with Gasteiger partial charge in [-0.1, -0.05) is 6.92 Å². The number of nitrogens with zero attached hydrogens (tertiary/aromatic N) is 3. The second kappa shape index (κ2) is 5.87. The fourth-order valence-corrected chi connectivity index (χ4v) is 4.35. The van der Waals surface area contributed by atoms with E-state index < -0.39 is 10.0 Å². The third-order valence-electron chi connectivity index (χ3n) is 3.45. The van der Waals surface area contributed by atoms with Crippen LogP contribution in [0.3, 0.4) is 0 Å². The number of hydrogen-bond acceptors (Lipinski definition) is 4. The Labute approximate surface area is 122 Å². The van der Waals surface area contributed by atoms with E-state index in [1.807, 2.05) is 0 Å². The maximum absolute atomic E-state index is 12.5. The van der Waals surface area contributed by atoms with E-state index in [1.165, 1.54) is 6.20 Å². The molecule has 0 aliphatic carbocycles. The Hall–Kier alpha value is -0.500. The molecule has 1 atom stereocenters. The molecule has 0 bridgehead atoms. The van der Waals surface area contributed by atoms with Crippen molar-refractivity contribution in [2.24, 2.45) is 0 Å². The second-order valence-corrected chi connectivity index (χ2v) is 7.53. The molecule has 0 saturated carbocycles. The van der Waals surface area contributed by atoms with Gasteiger partial charge in [-0.2, -0.15) is 4.31 Å². The van der Waals surface area contributed by atoms with Gasteiger partial charge in [0, 0.05) is 42.5 Å². The fourth-order valence-electron chi connectivity index (χ4n) is 2.33. The van der Waals surface area contributed by atoms with E-state index in [0.29, 0.717) is 17.6 Å². The van der Waals surface area contributed by atoms with Gasteiger partial charge in [-0.05, 0) is 35.5 Å². The van der Waals surface area contributed by atoms with Gasteiger partial charge in [0.05, 0.1) is 0 Å². The van der Waals surface area contributed by atoms with Crippen molar-refractivity contribution in [3.8, 4) is 0 Å². The lowest BCUT2D eigenvalue weighted by Crippen LogP contribution is -2.53. The molecule has 7 heteroatoms. The molecule has 5 nitrogen and oxygen atoms in total. The minimum absolute atomic E-state index is 0.244. The van der Waals surface area contributed by atoms with Crippen LogP contribution in [0.25, 0.3) is 0 Å². The summed E-state index contributed by atoms with van der Waals surface area (Å²) in [4.78, 5) is 6.46. The van der Waals surface area contributed by atoms with Crippen LogP contribution < -0.4 is 0 Å². The van der Waals surface area contributed by atoms with Gasteiger partial charge in [-0.3, -0.25) is 9.88 Å². The van der Waals surface area contributed by atoms with Crippen LogP contribution in [0.4, 0.5) is 0 Å². The maximum Gasteiger partial charge on any atom is 0.244 e. The van der Waals surface area contributed by atoms with Crippen molar-refractivity contribution in [2.75, 3.05) is 26.2 Å². The Morgan fingerprint density at radius 2 is 2.16 bits per heavy atom. The molecule has 2 rings (SSSR count). The Morgan fingerprint density at radius 3 is 2.74 bits per heavy atom. The van der Waals surface area contributed by atoms with Crippen molar-refractivity contribution >= 4 is 26.0 Å². The van der Waals surface area contributed by atoms with E-state index in [4.69, 9.17) is 0 Å². The molecular weight excluding hydrogens is 330 g/mol. The van der Waals surface area contributed by atoms with Gasteiger partial charge < -0.3 is 0 Å². The highest BCUT2D eigenvalue weighted by molar-refractivity contribution is 9.10. The first kappa shape index (κ1) is 14.9. The molecule has 19 heavy (non-hydrogen) atoms. The smallest absolute Gasteiger partial charge is 0.244 e. The monoisotopic (exact) mass is 347 g/mol. The Bertz CT molecular complexity index is 550. The predicted molar refractivity (Wildman–Crippen MR) is 77.4 cm³/mol. The molecule has 0 amide bonds. The molecule has 0 radical (unpaired) electrons. The first-order valence-electron chi connectivity index (χ1n) is 6.30. The van der Waals surface area contributed by atoms with Crippen LogP contribution in [0.15, 0.2) is 27.8 Å². The summed E-state index contributed by atoms with van der Waals surface area (Å²) in [7, 11) is -3.43. The summed E-state index contributed by atoms with van der Waals surface area (Å²) in [6.07, 6.45) is 2.98. The number of sulfonamides is 1. The lowest BCUT2D eigenvalue weighted by Gasteiger charge is -2.38. The molecule has 1 saturated heterocycles. The average Bonchev–Trinajstić information content (AvgIpc) is 2.38. The number of halogens is 1. The first-order chi connectivity index (χ1) is 8.95. The molecule has 1 unspecified atom stereocenters. The average molecular weight is 348 g/mol. The van der Waals surface area contributed by atoms with Gasteiger partial charge in [0.1, 0.15) is 4.90 Å². The fraction of sp³-hybridized carbons (Fsp3) is 0.583. The highest BCUT2D eigenvalue weighted by atomic mass is 79.9. The van der Waals surface area contributed by atoms with Crippen LogP contribution >= 0.6 is 15.9 Å². The Morgan fingerprint density at radius 1 is 1.42 bits per heavy atom. The van der Waals surface area contributed by atoms with Crippen molar-refractivity contribution in [1.29, 1.82) is 0 Å². The number of likely N-dealkylation sites (N-methyl/N-ethyl adjacent to an activating group) is 1. The number of rotatable bonds is 3. The number of pyridine rings is 1. The van der Waals surface area contributed by atoms with Gasteiger partial charge in [0.25, 0.3) is 0 Å². The highest BCUT2D eigenvalue weighted by Gasteiger charge is 2.31. The SMILES string of the molecule is CCN1CCN(S(=O)(=O)c2cncc(Br)c2)CC1C. The summed E-state index contributed by atoms with van der Waals surface area (Å²) in [5.74, 6) is 0. The Kier molecular flexibility index (Phi) is 4.60. The van der Waals surface area contributed by atoms with Crippen LogP contribution in [0.2, 0.25) is 0 Å². The molecular formula is C12H18BrN3O2S. The lowest BCUT2D eigenvalue weighted by atomic mass is 10.2. The van der Waals surface area contributed by atoms with Crippen LogP contribution in [-0.4, -0.2) is 54.8 Å². The molecule has 2 heterocycles. The molecule has 1 aliphatic rings. The van der Waals surface area contributed by atoms with Gasteiger partial charge >= 0.3 is 0 Å². The molecule has 1 aromatic rings. The zero-order valence-electron chi connectivity index (χ0n) is 11.1. The second-order valence-electron chi connectivity index (χ2n) is 4.68. The summed E-state index contributed by atoms with van der Waals surface area (Å²) in [5.41, 5.74) is 0. The molecule has 1 fully saturated rings. The van der Waals surface area contributed by atoms with Crippen LogP contribution in [0.1, 0.15) is 13.8 Å². The molecule has 0 N–H and O–H groups in total. The normalized spacial score (nSPS) is 22.6. The van der Waals surface area contributed by atoms with E-state index >= 15 is 0 Å². The van der Waals surface area contributed by atoms with Crippen molar-refractivity contribution < 1.29 is 8.42 Å². The van der Waals surface area contributed by atoms with Gasteiger partial charge in [0.2, 0.25) is 10.0 Å². The van der Waals surface area contributed by atoms with Crippen molar-refractivity contribution in [3.63, 3.8) is 0 Å². The van der Waals surface area contributed by atoms with E-state index in [-0.39, 0.29) is 10.9 Å². The third kappa shape index (κ3) is 3.16. The number of piperazine rings is 1. The van der Waals surface area contributed by atoms with Gasteiger partial charge in [-0.15, -0.1) is 0 Å². The van der Waals surface area contributed by atoms with Crippen LogP contribution in [0, 0.1) is 0 Å². The zero-order chi connectivity index (χ0) is 14.0. The minimum Gasteiger partial charge on any atom is -0.298 e. The van der Waals surface area contributed by atoms with E-state index in [2.05, 4.69) is 39.7 Å². The quantitative estimate of drug-likeness (QED) is 0.832. The molecule has 1 aliphatic heterocycles. The van der Waals surface area contributed by atoms with Crippen molar-refractivity contribution in [2.45, 2.75) is 24.8 Å². The summed E-state index contributed by atoms with van der Waals surface area (Å²) < 4.78 is 27.3. The highest BCUT2D eigenvalue weighted by Crippen LogP contribution is 2.21. The summed E-state index contributed by atoms with van der Waals surface area (Å²) >= 11 is 3.26. The first-order valence-corrected chi connectivity index (χ1v) is 8.53. The Balaban J connectivity index is 2.22. The molecule has 1 aromatic heterocycles. The van der Waals surface area contributed by atoms with E-state index in [1.54, 1.807) is 16.6 Å². The topological polar surface area (TPSA) is 53.5 Å². The maximum atomic E-state index is 12.5. The van der Waals surface area contributed by atoms with E-state index in [9.17, 15) is 8.42 Å². The van der Waals surface area contributed by atoms with E-state index in [0.717, 1.165) is 13.1 Å². The third-order valence-corrected chi connectivity index (χ3v) is 5.72. The summed E-state index contributed by atoms with van der Waals surface area (Å²) in [6, 6.07) is 1.84. The molecule has 106 valence electrons. The van der Waals surface area contributed by atoms with Crippen molar-refractivity contribution in [1.82, 2.24) is 14.2 Å². The summed E-state index contributed by atoms with van der Waals surface area (Å²) in [5, 5.41) is 0. The van der Waals surface area contributed by atoms with Crippen molar-refractivity contribution in [3.05, 3.63) is 22.9 Å². The molecule has 0 spiro atoms. The zero-order valence-corrected chi connectivity index (χ0v) is 13.5. The minimum atomic E-state index is -3.43. The standard InChI is InChI=1S/C12H18BrN3O2S/c1-3-15-4-5-16(9-10(15)2)19(17,18)12-6-11(13)7-14-8-12/h6-8,10H,3-5,9H2,1-2H3.